The molecule has 0 spiro atoms. The van der Waals surface area contributed by atoms with Crippen LogP contribution in [-0.4, -0.2) is 74.9 Å². The van der Waals surface area contributed by atoms with Gasteiger partial charge in [-0.3, -0.25) is 18.6 Å². The predicted molar refractivity (Wildman–Crippen MR) is 353 cm³/mol. The molecule has 82 heavy (non-hydrogen) atoms. The summed E-state index contributed by atoms with van der Waals surface area (Å²) in [6.07, 6.45) is 91.8. The summed E-state index contributed by atoms with van der Waals surface area (Å²) < 4.78 is 34.6. The topological polar surface area (TPSA) is 108 Å². The Bertz CT molecular complexity index is 1940. The van der Waals surface area contributed by atoms with Gasteiger partial charge in [0, 0.05) is 12.8 Å². The summed E-state index contributed by atoms with van der Waals surface area (Å²) >= 11 is 0. The smallest absolute Gasteiger partial charge is 0.462 e. The molecular weight excluding hydrogens is 1040 g/mol. The van der Waals surface area contributed by atoms with Crippen LogP contribution in [0, 0.1) is 0 Å². The normalized spacial score (nSPS) is 14.3. The molecule has 0 bridgehead atoms. The highest BCUT2D eigenvalue weighted by Crippen LogP contribution is 2.43. The zero-order chi connectivity index (χ0) is 59.8. The Morgan fingerprint density at radius 2 is 0.695 bits per heavy atom. The molecule has 0 radical (unpaired) electrons. The standard InChI is InChI=1S/C72H118NO8P/c1-6-8-10-12-14-16-18-20-22-24-26-27-28-29-30-31-32-33-34-35-36-37-38-39-40-41-42-43-44-45-47-49-51-53-55-57-59-61-63-65-72(75)81-70(69-80-82(76,77)79-67-66-73(3,4)5)68-78-71(74)64-62-60-58-56-54-52-50-48-46-25-23-21-19-17-15-13-11-9-7-2/h8,10,14-17,20-23,26-27,29-30,32-33,35-36,38-39,41-42,44-45,49,51,70H,6-7,9,11-13,18-19,24-25,28,31,34,37,40,43,46-48,50,52-69H2,1-5H3/p+1/b10-8-,16-14-,17-15-,22-20-,23-21-,27-26-,30-29-,33-32-,36-35-,39-38-,42-41-,45-44-,51-49-. The van der Waals surface area contributed by atoms with Gasteiger partial charge in [0.25, 0.3) is 0 Å². The van der Waals surface area contributed by atoms with E-state index in [1.54, 1.807) is 0 Å². The van der Waals surface area contributed by atoms with E-state index in [4.69, 9.17) is 18.5 Å². The van der Waals surface area contributed by atoms with E-state index in [0.29, 0.717) is 17.4 Å². The molecule has 0 amide bonds. The van der Waals surface area contributed by atoms with Crippen LogP contribution in [0.2, 0.25) is 0 Å². The second-order valence-corrected chi connectivity index (χ2v) is 23.5. The highest BCUT2D eigenvalue weighted by atomic mass is 31.2. The third-order valence-corrected chi connectivity index (χ3v) is 14.0. The van der Waals surface area contributed by atoms with Gasteiger partial charge in [0.05, 0.1) is 27.7 Å². The fourth-order valence-corrected chi connectivity index (χ4v) is 8.85. The number of hydrogen-bond donors (Lipinski definition) is 1. The van der Waals surface area contributed by atoms with E-state index in [9.17, 15) is 19.0 Å². The van der Waals surface area contributed by atoms with E-state index in [2.05, 4.69) is 172 Å². The molecule has 1 N–H and O–H groups in total. The monoisotopic (exact) mass is 1160 g/mol. The van der Waals surface area contributed by atoms with Gasteiger partial charge in [-0.05, 0) is 128 Å². The first-order valence-corrected chi connectivity index (χ1v) is 33.7. The van der Waals surface area contributed by atoms with E-state index >= 15 is 0 Å². The summed E-state index contributed by atoms with van der Waals surface area (Å²) in [6.45, 7) is 4.25. The van der Waals surface area contributed by atoms with Crippen LogP contribution in [0.3, 0.4) is 0 Å². The fraction of sp³-hybridized carbons (Fsp3) is 0.611. The fourth-order valence-electron chi connectivity index (χ4n) is 8.11. The van der Waals surface area contributed by atoms with Gasteiger partial charge in [-0.2, -0.15) is 0 Å². The minimum atomic E-state index is -4.41. The lowest BCUT2D eigenvalue weighted by Gasteiger charge is -2.24. The molecule has 0 aliphatic rings. The number of nitrogens with zero attached hydrogens (tertiary/aromatic N) is 1. The van der Waals surface area contributed by atoms with Gasteiger partial charge in [-0.25, -0.2) is 4.57 Å². The van der Waals surface area contributed by atoms with Crippen LogP contribution in [-0.2, 0) is 32.7 Å². The van der Waals surface area contributed by atoms with Crippen molar-refractivity contribution < 1.29 is 42.1 Å². The number of quaternary nitrogens is 1. The van der Waals surface area contributed by atoms with Crippen molar-refractivity contribution in [2.24, 2.45) is 0 Å². The minimum Gasteiger partial charge on any atom is -0.462 e. The number of unbranched alkanes of at least 4 members (excludes halogenated alkanes) is 17. The minimum absolute atomic E-state index is 0.0186. The quantitative estimate of drug-likeness (QED) is 0.0211. The van der Waals surface area contributed by atoms with E-state index in [1.807, 2.05) is 21.1 Å². The van der Waals surface area contributed by atoms with Gasteiger partial charge >= 0.3 is 19.8 Å². The Hall–Kier alpha value is -4.37. The number of esters is 2. The molecule has 2 atom stereocenters. The summed E-state index contributed by atoms with van der Waals surface area (Å²) in [5.41, 5.74) is 0. The van der Waals surface area contributed by atoms with Crippen LogP contribution in [0.25, 0.3) is 0 Å². The maximum absolute atomic E-state index is 12.8. The lowest BCUT2D eigenvalue weighted by Crippen LogP contribution is -2.37. The van der Waals surface area contributed by atoms with Crippen LogP contribution in [0.5, 0.6) is 0 Å². The maximum atomic E-state index is 12.8. The van der Waals surface area contributed by atoms with Crippen LogP contribution < -0.4 is 0 Å². The molecule has 0 saturated heterocycles. The zero-order valence-corrected chi connectivity index (χ0v) is 53.6. The van der Waals surface area contributed by atoms with Crippen LogP contribution in [0.4, 0.5) is 0 Å². The van der Waals surface area contributed by atoms with Crippen molar-refractivity contribution in [3.05, 3.63) is 158 Å². The lowest BCUT2D eigenvalue weighted by atomic mass is 10.1. The highest BCUT2D eigenvalue weighted by molar-refractivity contribution is 7.47. The number of phosphoric acid groups is 1. The Kier molecular flexibility index (Phi) is 57.9. The summed E-state index contributed by atoms with van der Waals surface area (Å²) in [7, 11) is 1.44. The number of carbonyl (C=O) groups excluding carboxylic acids is 2. The van der Waals surface area contributed by atoms with Gasteiger partial charge in [0.15, 0.2) is 6.10 Å². The summed E-state index contributed by atoms with van der Waals surface area (Å²) in [6, 6.07) is 0. The first-order valence-electron chi connectivity index (χ1n) is 32.2. The van der Waals surface area contributed by atoms with E-state index in [1.165, 1.54) is 57.8 Å². The largest absolute Gasteiger partial charge is 0.472 e. The molecule has 0 aromatic carbocycles. The average molecular weight is 1160 g/mol. The molecule has 0 aromatic heterocycles. The molecule has 0 aliphatic heterocycles. The van der Waals surface area contributed by atoms with Gasteiger partial charge in [0.2, 0.25) is 0 Å². The van der Waals surface area contributed by atoms with E-state index in [-0.39, 0.29) is 32.0 Å². The van der Waals surface area contributed by atoms with Crippen molar-refractivity contribution in [2.75, 3.05) is 47.5 Å². The number of phosphoric ester groups is 1. The summed E-state index contributed by atoms with van der Waals surface area (Å²) in [5.74, 6) is -0.834. The molecule has 10 heteroatoms. The average Bonchev–Trinajstić information content (AvgIpc) is 3.46. The second-order valence-electron chi connectivity index (χ2n) is 22.1. The maximum Gasteiger partial charge on any atom is 0.472 e. The Labute approximate surface area is 503 Å². The third kappa shape index (κ3) is 64.8. The van der Waals surface area contributed by atoms with Crippen molar-refractivity contribution in [3.8, 4) is 0 Å². The Balaban J connectivity index is 4.20. The van der Waals surface area contributed by atoms with Crippen LogP contribution >= 0.6 is 7.82 Å². The van der Waals surface area contributed by atoms with E-state index in [0.717, 1.165) is 141 Å². The summed E-state index contributed by atoms with van der Waals surface area (Å²) in [5, 5.41) is 0. The number of ether oxygens (including phenoxy) is 2. The highest BCUT2D eigenvalue weighted by Gasteiger charge is 2.27. The zero-order valence-electron chi connectivity index (χ0n) is 52.7. The molecule has 0 fully saturated rings. The molecule has 0 saturated carbocycles. The van der Waals surface area contributed by atoms with Gasteiger partial charge in [-0.15, -0.1) is 0 Å². The predicted octanol–water partition coefficient (Wildman–Crippen LogP) is 20.8. The molecule has 2 unspecified atom stereocenters. The number of carbonyl (C=O) groups is 2. The van der Waals surface area contributed by atoms with Gasteiger partial charge < -0.3 is 18.9 Å². The molecule has 0 aromatic rings. The first kappa shape index (κ1) is 77.6. The molecule has 0 rings (SSSR count). The van der Waals surface area contributed by atoms with Crippen molar-refractivity contribution in [3.63, 3.8) is 0 Å². The third-order valence-electron chi connectivity index (χ3n) is 13.0. The van der Waals surface area contributed by atoms with Crippen molar-refractivity contribution in [1.29, 1.82) is 0 Å². The summed E-state index contributed by atoms with van der Waals surface area (Å²) in [4.78, 5) is 35.8. The Morgan fingerprint density at radius 3 is 1.04 bits per heavy atom. The second kappa shape index (κ2) is 61.2. The number of rotatable bonds is 57. The SMILES string of the molecule is CC/C=C\C/C=C\C/C=C\C/C=C\C/C=C\C/C=C\C/C=C\C/C=C\C/C=C\C/C=C\C/C=C\CCCCCCCC(=O)OC(COC(=O)CCCCCCCCCCC/C=C\C/C=C\CCCCC)COP(=O)(O)OCC[N+](C)(C)C. The molecule has 0 aliphatic carbocycles. The number of hydrogen-bond acceptors (Lipinski definition) is 7. The molecule has 464 valence electrons. The number of likely N-dealkylation sites (N-methyl/N-ethyl adjacent to an activating group) is 1. The molecular formula is C72H119NO8P+. The van der Waals surface area contributed by atoms with Gasteiger partial charge in [0.1, 0.15) is 19.8 Å². The van der Waals surface area contributed by atoms with Crippen molar-refractivity contribution in [2.45, 2.75) is 238 Å². The van der Waals surface area contributed by atoms with E-state index < -0.39 is 26.5 Å². The lowest BCUT2D eigenvalue weighted by molar-refractivity contribution is -0.870. The van der Waals surface area contributed by atoms with Crippen LogP contribution in [0.15, 0.2) is 158 Å². The first-order chi connectivity index (χ1) is 40.0. The molecule has 9 nitrogen and oxygen atoms in total. The van der Waals surface area contributed by atoms with Crippen LogP contribution in [0.1, 0.15) is 232 Å². The van der Waals surface area contributed by atoms with Crippen molar-refractivity contribution in [1.82, 2.24) is 0 Å². The molecule has 0 heterocycles. The van der Waals surface area contributed by atoms with Crippen molar-refractivity contribution >= 4 is 19.8 Å². The Morgan fingerprint density at radius 1 is 0.390 bits per heavy atom. The van der Waals surface area contributed by atoms with Gasteiger partial charge in [-0.1, -0.05) is 249 Å². The number of allylic oxidation sites excluding steroid dienone is 26.